The number of rotatable bonds is 3. The number of carbonyl (C=O) groups is 1. The Balaban J connectivity index is 1.86. The van der Waals surface area contributed by atoms with Gasteiger partial charge in [0.15, 0.2) is 5.69 Å². The summed E-state index contributed by atoms with van der Waals surface area (Å²) in [7, 11) is 0. The van der Waals surface area contributed by atoms with E-state index in [0.717, 1.165) is 0 Å². The third kappa shape index (κ3) is 3.13. The lowest BCUT2D eigenvalue weighted by atomic mass is 10.1. The minimum Gasteiger partial charge on any atom is -0.422 e. The van der Waals surface area contributed by atoms with Crippen LogP contribution in [0.25, 0.3) is 16.5 Å². The third-order valence-electron chi connectivity index (χ3n) is 4.17. The maximum atomic E-state index is 12.9. The molecule has 28 heavy (non-hydrogen) atoms. The summed E-state index contributed by atoms with van der Waals surface area (Å²) in [4.78, 5) is 25.7. The lowest BCUT2D eigenvalue weighted by molar-refractivity contribution is 0.0729. The summed E-state index contributed by atoms with van der Waals surface area (Å²) in [5, 5.41) is 14.0. The van der Waals surface area contributed by atoms with Gasteiger partial charge < -0.3 is 4.74 Å². The van der Waals surface area contributed by atoms with Gasteiger partial charge in [-0.15, -0.1) is 0 Å². The zero-order valence-electron chi connectivity index (χ0n) is 14.6. The SMILES string of the molecule is N#Cc1cccc(OC(=O)c2nn(-c3ccccc3)c(=O)c3ccccc23)c1. The molecule has 0 saturated carbocycles. The summed E-state index contributed by atoms with van der Waals surface area (Å²) in [5.74, 6) is -0.483. The fourth-order valence-corrected chi connectivity index (χ4v) is 2.87. The molecule has 0 aliphatic carbocycles. The van der Waals surface area contributed by atoms with Gasteiger partial charge in [-0.1, -0.05) is 42.5 Å². The van der Waals surface area contributed by atoms with Gasteiger partial charge >= 0.3 is 5.97 Å². The zero-order chi connectivity index (χ0) is 19.5. The van der Waals surface area contributed by atoms with E-state index in [-0.39, 0.29) is 17.0 Å². The largest absolute Gasteiger partial charge is 0.422 e. The average Bonchev–Trinajstić information content (AvgIpc) is 2.75. The smallest absolute Gasteiger partial charge is 0.364 e. The molecule has 4 aromatic rings. The van der Waals surface area contributed by atoms with Crippen LogP contribution in [0.15, 0.2) is 83.7 Å². The number of aromatic nitrogens is 2. The van der Waals surface area contributed by atoms with E-state index in [9.17, 15) is 9.59 Å². The fraction of sp³-hybridized carbons (Fsp3) is 0. The minimum absolute atomic E-state index is 0.0152. The van der Waals surface area contributed by atoms with Crippen LogP contribution >= 0.6 is 0 Å². The van der Waals surface area contributed by atoms with Gasteiger partial charge in [-0.3, -0.25) is 4.79 Å². The Morgan fingerprint density at radius 1 is 0.929 bits per heavy atom. The Kier molecular flexibility index (Phi) is 4.40. The molecule has 0 aliphatic heterocycles. The quantitative estimate of drug-likeness (QED) is 0.409. The number of fused-ring (bicyclic) bond motifs is 1. The molecule has 134 valence electrons. The number of ether oxygens (including phenoxy) is 1. The highest BCUT2D eigenvalue weighted by molar-refractivity contribution is 6.03. The molecule has 0 atom stereocenters. The number of carbonyl (C=O) groups excluding carboxylic acids is 1. The van der Waals surface area contributed by atoms with Crippen LogP contribution in [0.2, 0.25) is 0 Å². The number of hydrogen-bond acceptors (Lipinski definition) is 5. The van der Waals surface area contributed by atoms with E-state index < -0.39 is 5.97 Å². The van der Waals surface area contributed by atoms with Crippen LogP contribution in [0.3, 0.4) is 0 Å². The molecule has 4 rings (SSSR count). The summed E-state index contributed by atoms with van der Waals surface area (Å²) >= 11 is 0. The lowest BCUT2D eigenvalue weighted by Gasteiger charge is -2.11. The molecule has 0 spiro atoms. The molecule has 0 saturated heterocycles. The van der Waals surface area contributed by atoms with E-state index in [1.807, 2.05) is 12.1 Å². The van der Waals surface area contributed by atoms with Crippen LogP contribution in [0, 0.1) is 11.3 Å². The Labute approximate surface area is 159 Å². The van der Waals surface area contributed by atoms with Crippen LogP contribution in [-0.4, -0.2) is 15.7 Å². The first-order valence-electron chi connectivity index (χ1n) is 8.47. The average molecular weight is 367 g/mol. The van der Waals surface area contributed by atoms with E-state index in [2.05, 4.69) is 5.10 Å². The molecule has 1 heterocycles. The third-order valence-corrected chi connectivity index (χ3v) is 4.17. The number of esters is 1. The molecule has 3 aromatic carbocycles. The summed E-state index contributed by atoms with van der Waals surface area (Å²) in [5.41, 5.74) is 0.599. The molecular formula is C22H13N3O3. The van der Waals surface area contributed by atoms with Crippen molar-refractivity contribution in [3.8, 4) is 17.5 Å². The fourth-order valence-electron chi connectivity index (χ4n) is 2.87. The second kappa shape index (κ2) is 7.17. The van der Waals surface area contributed by atoms with Gasteiger partial charge in [0.25, 0.3) is 5.56 Å². The molecular weight excluding hydrogens is 354 g/mol. The maximum absolute atomic E-state index is 12.9. The van der Waals surface area contributed by atoms with E-state index in [4.69, 9.17) is 10.00 Å². The first-order valence-corrected chi connectivity index (χ1v) is 8.47. The first-order chi connectivity index (χ1) is 13.7. The minimum atomic E-state index is -0.712. The monoisotopic (exact) mass is 367 g/mol. The van der Waals surface area contributed by atoms with E-state index in [1.165, 1.54) is 10.7 Å². The number of para-hydroxylation sites is 1. The van der Waals surface area contributed by atoms with Crippen molar-refractivity contribution in [1.29, 1.82) is 5.26 Å². The predicted molar refractivity (Wildman–Crippen MR) is 103 cm³/mol. The molecule has 0 unspecified atom stereocenters. The molecule has 0 radical (unpaired) electrons. The van der Waals surface area contributed by atoms with Crippen LogP contribution in [-0.2, 0) is 0 Å². The van der Waals surface area contributed by atoms with Gasteiger partial charge in [0.05, 0.1) is 22.7 Å². The van der Waals surface area contributed by atoms with Crippen molar-refractivity contribution in [3.05, 3.63) is 100 Å². The second-order valence-corrected chi connectivity index (χ2v) is 5.98. The summed E-state index contributed by atoms with van der Waals surface area (Å²) in [6, 6.07) is 23.9. The second-order valence-electron chi connectivity index (χ2n) is 5.98. The van der Waals surface area contributed by atoms with E-state index >= 15 is 0 Å². The standard InChI is InChI=1S/C22H13N3O3/c23-14-15-7-6-10-17(13-15)28-22(27)20-18-11-4-5-12-19(18)21(26)25(24-20)16-8-2-1-3-9-16/h1-13H. The molecule has 0 amide bonds. The van der Waals surface area contributed by atoms with Crippen molar-refractivity contribution in [1.82, 2.24) is 9.78 Å². The lowest BCUT2D eigenvalue weighted by Crippen LogP contribution is -2.25. The Bertz CT molecular complexity index is 1290. The summed E-state index contributed by atoms with van der Waals surface area (Å²) in [6.45, 7) is 0. The Morgan fingerprint density at radius 2 is 1.64 bits per heavy atom. The number of hydrogen-bond donors (Lipinski definition) is 0. The van der Waals surface area contributed by atoms with Gasteiger partial charge in [-0.05, 0) is 36.4 Å². The van der Waals surface area contributed by atoms with Crippen molar-refractivity contribution in [2.75, 3.05) is 0 Å². The highest BCUT2D eigenvalue weighted by Gasteiger charge is 2.19. The van der Waals surface area contributed by atoms with Crippen molar-refractivity contribution >= 4 is 16.7 Å². The Morgan fingerprint density at radius 3 is 2.39 bits per heavy atom. The first kappa shape index (κ1) is 17.2. The highest BCUT2D eigenvalue weighted by Crippen LogP contribution is 2.19. The molecule has 0 N–H and O–H groups in total. The van der Waals surface area contributed by atoms with Gasteiger partial charge in [-0.25, -0.2) is 4.79 Å². The number of benzene rings is 3. The molecule has 1 aromatic heterocycles. The van der Waals surface area contributed by atoms with Gasteiger partial charge in [0.2, 0.25) is 0 Å². The van der Waals surface area contributed by atoms with Gasteiger partial charge in [0, 0.05) is 5.39 Å². The zero-order valence-corrected chi connectivity index (χ0v) is 14.6. The Hall–Kier alpha value is -4.24. The van der Waals surface area contributed by atoms with Crippen LogP contribution < -0.4 is 10.3 Å². The van der Waals surface area contributed by atoms with E-state index in [1.54, 1.807) is 66.7 Å². The van der Waals surface area contributed by atoms with Crippen molar-refractivity contribution in [2.24, 2.45) is 0 Å². The predicted octanol–water partition coefficient (Wildman–Crippen LogP) is 3.48. The van der Waals surface area contributed by atoms with Crippen molar-refractivity contribution in [2.45, 2.75) is 0 Å². The highest BCUT2D eigenvalue weighted by atomic mass is 16.5. The van der Waals surface area contributed by atoms with Gasteiger partial charge in [-0.2, -0.15) is 15.0 Å². The van der Waals surface area contributed by atoms with Crippen molar-refractivity contribution in [3.63, 3.8) is 0 Å². The normalized spacial score (nSPS) is 10.4. The van der Waals surface area contributed by atoms with E-state index in [0.29, 0.717) is 22.0 Å². The number of nitrogens with zero attached hydrogens (tertiary/aromatic N) is 3. The topological polar surface area (TPSA) is 85.0 Å². The molecule has 0 fully saturated rings. The van der Waals surface area contributed by atoms with Crippen LogP contribution in [0.4, 0.5) is 0 Å². The molecule has 6 nitrogen and oxygen atoms in total. The molecule has 6 heteroatoms. The summed E-state index contributed by atoms with van der Waals surface area (Å²) in [6.07, 6.45) is 0. The molecule has 0 aliphatic rings. The number of nitriles is 1. The van der Waals surface area contributed by atoms with Crippen molar-refractivity contribution < 1.29 is 9.53 Å². The van der Waals surface area contributed by atoms with Gasteiger partial charge in [0.1, 0.15) is 5.75 Å². The van der Waals surface area contributed by atoms with Crippen LogP contribution in [0.5, 0.6) is 5.75 Å². The maximum Gasteiger partial charge on any atom is 0.364 e. The van der Waals surface area contributed by atoms with Crippen LogP contribution in [0.1, 0.15) is 16.1 Å². The molecule has 0 bridgehead atoms. The summed E-state index contributed by atoms with van der Waals surface area (Å²) < 4.78 is 6.60.